The van der Waals surface area contributed by atoms with Gasteiger partial charge in [0.2, 0.25) is 0 Å². The van der Waals surface area contributed by atoms with Gasteiger partial charge in [-0.2, -0.15) is 0 Å². The van der Waals surface area contributed by atoms with Crippen LogP contribution in [-0.2, 0) is 9.53 Å². The third kappa shape index (κ3) is 3.69. The molecule has 6 heteroatoms. The number of carbonyl (C=O) groups is 1. The number of para-hydroxylation sites is 2. The minimum Gasteiger partial charge on any atom is -0.490 e. The number of carboxylic acid groups (broad SMARTS) is 1. The maximum absolute atomic E-state index is 11.1. The van der Waals surface area contributed by atoms with E-state index in [4.69, 9.17) is 20.3 Å². The van der Waals surface area contributed by atoms with Crippen molar-refractivity contribution in [3.05, 3.63) is 48.0 Å². The van der Waals surface area contributed by atoms with E-state index in [0.717, 1.165) is 22.7 Å². The van der Waals surface area contributed by atoms with E-state index in [1.54, 1.807) is 7.11 Å². The van der Waals surface area contributed by atoms with Crippen LogP contribution in [0.2, 0.25) is 0 Å². The molecular formula is C19H22N2O4. The van der Waals surface area contributed by atoms with Gasteiger partial charge in [-0.1, -0.05) is 18.2 Å². The summed E-state index contributed by atoms with van der Waals surface area (Å²) >= 11 is 0. The number of nitrogen functional groups attached to an aromatic ring is 1. The van der Waals surface area contributed by atoms with E-state index in [1.165, 1.54) is 0 Å². The lowest BCUT2D eigenvalue weighted by molar-refractivity contribution is -0.137. The molecule has 0 spiro atoms. The van der Waals surface area contributed by atoms with Crippen molar-refractivity contribution >= 4 is 23.0 Å². The first-order chi connectivity index (χ1) is 12.1. The number of rotatable bonds is 6. The summed E-state index contributed by atoms with van der Waals surface area (Å²) in [5.41, 5.74) is 9.66. The average Bonchev–Trinajstić information content (AvgIpc) is 2.60. The maximum atomic E-state index is 11.1. The lowest BCUT2D eigenvalue weighted by Gasteiger charge is -2.32. The van der Waals surface area contributed by atoms with Gasteiger partial charge >= 0.3 is 5.97 Å². The Kier molecular flexibility index (Phi) is 5.09. The van der Waals surface area contributed by atoms with Crippen molar-refractivity contribution in [3.8, 4) is 5.75 Å². The third-order valence-corrected chi connectivity index (χ3v) is 4.33. The quantitative estimate of drug-likeness (QED) is 0.785. The molecule has 0 saturated heterocycles. The van der Waals surface area contributed by atoms with Crippen molar-refractivity contribution in [2.45, 2.75) is 12.3 Å². The molecule has 0 aliphatic carbocycles. The maximum Gasteiger partial charge on any atom is 0.304 e. The Morgan fingerprint density at radius 2 is 2.12 bits per heavy atom. The van der Waals surface area contributed by atoms with Gasteiger partial charge in [-0.15, -0.1) is 0 Å². The first-order valence-corrected chi connectivity index (χ1v) is 8.19. The highest BCUT2D eigenvalue weighted by Gasteiger charge is 2.22. The standard InChI is InChI=1S/C19H22N2O4/c1-24-12-14(11-19(22)23)13-6-7-16(15(20)10-13)21-8-9-25-18-5-3-2-4-17(18)21/h2-7,10,14H,8-9,11-12,20H2,1H3,(H,22,23). The smallest absolute Gasteiger partial charge is 0.304 e. The Morgan fingerprint density at radius 1 is 1.32 bits per heavy atom. The Hall–Kier alpha value is -2.73. The monoisotopic (exact) mass is 342 g/mol. The van der Waals surface area contributed by atoms with Gasteiger partial charge in [0.05, 0.1) is 36.6 Å². The second kappa shape index (κ2) is 7.44. The normalized spacial score (nSPS) is 14.5. The SMILES string of the molecule is COCC(CC(=O)O)c1ccc(N2CCOc3ccccc32)c(N)c1. The van der Waals surface area contributed by atoms with Gasteiger partial charge in [0, 0.05) is 13.0 Å². The van der Waals surface area contributed by atoms with Gasteiger partial charge < -0.3 is 25.2 Å². The van der Waals surface area contributed by atoms with Gasteiger partial charge in [0.1, 0.15) is 12.4 Å². The molecule has 1 unspecified atom stereocenters. The van der Waals surface area contributed by atoms with Gasteiger partial charge in [-0.05, 0) is 29.8 Å². The molecule has 6 nitrogen and oxygen atoms in total. The predicted molar refractivity (Wildman–Crippen MR) is 96.7 cm³/mol. The summed E-state index contributed by atoms with van der Waals surface area (Å²) in [4.78, 5) is 13.2. The summed E-state index contributed by atoms with van der Waals surface area (Å²) in [6, 6.07) is 13.6. The Balaban J connectivity index is 1.91. The fourth-order valence-corrected chi connectivity index (χ4v) is 3.18. The number of carboxylic acids is 1. The molecule has 0 saturated carbocycles. The second-order valence-electron chi connectivity index (χ2n) is 6.04. The minimum atomic E-state index is -0.855. The number of nitrogens with zero attached hydrogens (tertiary/aromatic N) is 1. The zero-order valence-electron chi connectivity index (χ0n) is 14.1. The van der Waals surface area contributed by atoms with E-state index in [1.807, 2.05) is 42.5 Å². The van der Waals surface area contributed by atoms with Crippen LogP contribution in [0.4, 0.5) is 17.1 Å². The zero-order chi connectivity index (χ0) is 17.8. The van der Waals surface area contributed by atoms with Crippen LogP contribution in [0.3, 0.4) is 0 Å². The van der Waals surface area contributed by atoms with Crippen molar-refractivity contribution in [1.82, 2.24) is 0 Å². The number of fused-ring (bicyclic) bond motifs is 1. The molecule has 1 aliphatic heterocycles. The van der Waals surface area contributed by atoms with E-state index < -0.39 is 5.97 Å². The number of methoxy groups -OCH3 is 1. The van der Waals surface area contributed by atoms with Gasteiger partial charge in [-0.25, -0.2) is 0 Å². The van der Waals surface area contributed by atoms with Crippen molar-refractivity contribution < 1.29 is 19.4 Å². The summed E-state index contributed by atoms with van der Waals surface area (Å²) in [6.07, 6.45) is 0.00696. The number of ether oxygens (including phenoxy) is 2. The molecule has 0 radical (unpaired) electrons. The van der Waals surface area contributed by atoms with Gasteiger partial charge in [0.25, 0.3) is 0 Å². The fraction of sp³-hybridized carbons (Fsp3) is 0.316. The highest BCUT2D eigenvalue weighted by Crippen LogP contribution is 2.39. The molecule has 0 amide bonds. The second-order valence-corrected chi connectivity index (χ2v) is 6.04. The Labute approximate surface area is 146 Å². The van der Waals surface area contributed by atoms with Crippen LogP contribution >= 0.6 is 0 Å². The molecule has 0 fully saturated rings. The summed E-state index contributed by atoms with van der Waals surface area (Å²) in [5, 5.41) is 9.10. The van der Waals surface area contributed by atoms with Crippen LogP contribution in [0.1, 0.15) is 17.9 Å². The summed E-state index contributed by atoms with van der Waals surface area (Å²) in [6.45, 7) is 1.63. The number of hydrogen-bond acceptors (Lipinski definition) is 5. The molecular weight excluding hydrogens is 320 g/mol. The number of benzene rings is 2. The molecule has 3 rings (SSSR count). The molecule has 3 N–H and O–H groups in total. The van der Waals surface area contributed by atoms with Crippen LogP contribution in [0.5, 0.6) is 5.75 Å². The van der Waals surface area contributed by atoms with E-state index in [0.29, 0.717) is 25.4 Å². The first-order valence-electron chi connectivity index (χ1n) is 8.19. The Morgan fingerprint density at radius 3 is 2.84 bits per heavy atom. The highest BCUT2D eigenvalue weighted by atomic mass is 16.5. The van der Waals surface area contributed by atoms with Crippen molar-refractivity contribution in [2.24, 2.45) is 0 Å². The lowest BCUT2D eigenvalue weighted by atomic mass is 9.95. The van der Waals surface area contributed by atoms with Gasteiger partial charge in [0.15, 0.2) is 0 Å². The zero-order valence-corrected chi connectivity index (χ0v) is 14.1. The van der Waals surface area contributed by atoms with E-state index in [9.17, 15) is 4.79 Å². The molecule has 1 atom stereocenters. The molecule has 1 heterocycles. The minimum absolute atomic E-state index is 0.00696. The van der Waals surface area contributed by atoms with Crippen molar-refractivity contribution in [3.63, 3.8) is 0 Å². The molecule has 0 aromatic heterocycles. The number of nitrogens with two attached hydrogens (primary N) is 1. The van der Waals surface area contributed by atoms with E-state index >= 15 is 0 Å². The first kappa shape index (κ1) is 17.1. The van der Waals surface area contributed by atoms with Crippen LogP contribution < -0.4 is 15.4 Å². The molecule has 0 bridgehead atoms. The lowest BCUT2D eigenvalue weighted by Crippen LogP contribution is -2.29. The number of anilines is 3. The molecule has 1 aliphatic rings. The molecule has 132 valence electrons. The molecule has 2 aromatic carbocycles. The van der Waals surface area contributed by atoms with E-state index in [-0.39, 0.29) is 12.3 Å². The largest absolute Gasteiger partial charge is 0.490 e. The number of hydrogen-bond donors (Lipinski definition) is 2. The van der Waals surface area contributed by atoms with Crippen LogP contribution in [0.25, 0.3) is 0 Å². The highest BCUT2D eigenvalue weighted by molar-refractivity contribution is 5.79. The summed E-state index contributed by atoms with van der Waals surface area (Å²) < 4.78 is 10.8. The fourth-order valence-electron chi connectivity index (χ4n) is 3.18. The van der Waals surface area contributed by atoms with Crippen molar-refractivity contribution in [1.29, 1.82) is 0 Å². The number of aliphatic carboxylic acids is 1. The average molecular weight is 342 g/mol. The van der Waals surface area contributed by atoms with Crippen molar-refractivity contribution in [2.75, 3.05) is 37.5 Å². The predicted octanol–water partition coefficient (Wildman–Crippen LogP) is 3.00. The molecule has 2 aromatic rings. The third-order valence-electron chi connectivity index (χ3n) is 4.33. The van der Waals surface area contributed by atoms with Crippen LogP contribution in [0.15, 0.2) is 42.5 Å². The van der Waals surface area contributed by atoms with Gasteiger partial charge in [-0.3, -0.25) is 4.79 Å². The molecule has 25 heavy (non-hydrogen) atoms. The Bertz CT molecular complexity index is 763. The summed E-state index contributed by atoms with van der Waals surface area (Å²) in [7, 11) is 1.57. The van der Waals surface area contributed by atoms with Crippen LogP contribution in [0, 0.1) is 0 Å². The van der Waals surface area contributed by atoms with E-state index in [2.05, 4.69) is 4.90 Å². The topological polar surface area (TPSA) is 85.0 Å². The summed E-state index contributed by atoms with van der Waals surface area (Å²) in [5.74, 6) is -0.247. The van der Waals surface area contributed by atoms with Crippen LogP contribution in [-0.4, -0.2) is 37.9 Å².